The molecule has 2 nitrogen and oxygen atoms in total. The quantitative estimate of drug-likeness (QED) is 0.886. The molecule has 0 radical (unpaired) electrons. The van der Waals surface area contributed by atoms with Crippen LogP contribution in [0.15, 0.2) is 18.2 Å². The van der Waals surface area contributed by atoms with Gasteiger partial charge in [0.2, 0.25) is 0 Å². The number of hydrogen-bond donors (Lipinski definition) is 1. The van der Waals surface area contributed by atoms with Crippen molar-refractivity contribution in [3.63, 3.8) is 0 Å². The highest BCUT2D eigenvalue weighted by Crippen LogP contribution is 2.58. The maximum absolute atomic E-state index is 13.5. The van der Waals surface area contributed by atoms with Gasteiger partial charge in [0.15, 0.2) is 0 Å². The van der Waals surface area contributed by atoms with E-state index in [1.807, 2.05) is 6.07 Å². The second-order valence-electron chi connectivity index (χ2n) is 6.74. The molecule has 0 saturated heterocycles. The van der Waals surface area contributed by atoms with Gasteiger partial charge in [0.1, 0.15) is 17.2 Å². The standard InChI is InChI=1S/C17H22FNO/c1-2-19-15-10-17(9-11-3-4-12(17)7-11)20-16-6-5-13(18)8-14(15)16/h5-6,8,11-12,15,19H,2-4,7,9-10H2,1H3. The first kappa shape index (κ1) is 12.6. The Morgan fingerprint density at radius 2 is 2.25 bits per heavy atom. The fourth-order valence-corrected chi connectivity index (χ4v) is 4.80. The number of rotatable bonds is 2. The fourth-order valence-electron chi connectivity index (χ4n) is 4.80. The van der Waals surface area contributed by atoms with Gasteiger partial charge in [-0.15, -0.1) is 0 Å². The Morgan fingerprint density at radius 3 is 2.95 bits per heavy atom. The summed E-state index contributed by atoms with van der Waals surface area (Å²) in [7, 11) is 0. The van der Waals surface area contributed by atoms with Gasteiger partial charge in [0, 0.05) is 18.0 Å². The van der Waals surface area contributed by atoms with Crippen molar-refractivity contribution in [1.29, 1.82) is 0 Å². The summed E-state index contributed by atoms with van der Waals surface area (Å²) in [5.74, 6) is 2.28. The molecule has 2 fully saturated rings. The Kier molecular flexibility index (Phi) is 2.81. The molecule has 3 aliphatic rings. The van der Waals surface area contributed by atoms with E-state index >= 15 is 0 Å². The molecule has 1 heterocycles. The zero-order valence-corrected chi connectivity index (χ0v) is 12.0. The molecule has 4 atom stereocenters. The zero-order chi connectivity index (χ0) is 13.7. The van der Waals surface area contributed by atoms with Crippen LogP contribution in [0.3, 0.4) is 0 Å². The topological polar surface area (TPSA) is 21.3 Å². The van der Waals surface area contributed by atoms with Gasteiger partial charge in [-0.1, -0.05) is 6.92 Å². The van der Waals surface area contributed by atoms with Gasteiger partial charge in [0.25, 0.3) is 0 Å². The summed E-state index contributed by atoms with van der Waals surface area (Å²) in [6.07, 6.45) is 6.20. The molecule has 4 rings (SSSR count). The summed E-state index contributed by atoms with van der Waals surface area (Å²) < 4.78 is 20.0. The maximum Gasteiger partial charge on any atom is 0.125 e. The summed E-state index contributed by atoms with van der Waals surface area (Å²) in [4.78, 5) is 0. The van der Waals surface area contributed by atoms with Gasteiger partial charge in [-0.3, -0.25) is 0 Å². The molecule has 20 heavy (non-hydrogen) atoms. The van der Waals surface area contributed by atoms with Crippen molar-refractivity contribution < 1.29 is 9.13 Å². The van der Waals surface area contributed by atoms with Crippen LogP contribution in [0.5, 0.6) is 5.75 Å². The molecule has 1 spiro atoms. The highest BCUT2D eigenvalue weighted by atomic mass is 19.1. The maximum atomic E-state index is 13.5. The summed E-state index contributed by atoms with van der Waals surface area (Å²) >= 11 is 0. The predicted molar refractivity (Wildman–Crippen MR) is 76.2 cm³/mol. The lowest BCUT2D eigenvalue weighted by Crippen LogP contribution is -2.48. The molecule has 1 aromatic rings. The fraction of sp³-hybridized carbons (Fsp3) is 0.647. The van der Waals surface area contributed by atoms with Crippen LogP contribution in [-0.2, 0) is 0 Å². The number of nitrogens with one attached hydrogen (secondary N) is 1. The van der Waals surface area contributed by atoms with Crippen LogP contribution in [0.2, 0.25) is 0 Å². The Bertz CT molecular complexity index is 532. The van der Waals surface area contributed by atoms with Crippen molar-refractivity contribution in [2.75, 3.05) is 6.54 Å². The lowest BCUT2D eigenvalue weighted by Gasteiger charge is -2.45. The Labute approximate surface area is 119 Å². The number of halogens is 1. The molecule has 108 valence electrons. The first-order valence-electron chi connectivity index (χ1n) is 7.92. The normalized spacial score (nSPS) is 38.0. The molecule has 0 aromatic heterocycles. The van der Waals surface area contributed by atoms with E-state index in [1.54, 1.807) is 6.07 Å². The van der Waals surface area contributed by atoms with Crippen molar-refractivity contribution in [1.82, 2.24) is 5.32 Å². The first-order chi connectivity index (χ1) is 9.70. The average Bonchev–Trinajstić information content (AvgIpc) is 3.01. The number of fused-ring (bicyclic) bond motifs is 4. The van der Waals surface area contributed by atoms with Crippen LogP contribution in [-0.4, -0.2) is 12.1 Å². The van der Waals surface area contributed by atoms with Gasteiger partial charge in [0.05, 0.1) is 0 Å². The van der Waals surface area contributed by atoms with E-state index in [4.69, 9.17) is 4.74 Å². The number of benzene rings is 1. The minimum atomic E-state index is -0.167. The molecular formula is C17H22FNO. The van der Waals surface area contributed by atoms with Crippen LogP contribution in [0.4, 0.5) is 4.39 Å². The SMILES string of the molecule is CCNC1CC2(CC3CCC2C3)Oc2ccc(F)cc21. The summed E-state index contributed by atoms with van der Waals surface area (Å²) in [6.45, 7) is 3.02. The highest BCUT2D eigenvalue weighted by Gasteiger charge is 2.55. The van der Waals surface area contributed by atoms with Crippen molar-refractivity contribution in [2.24, 2.45) is 11.8 Å². The van der Waals surface area contributed by atoms with E-state index in [-0.39, 0.29) is 17.5 Å². The van der Waals surface area contributed by atoms with Gasteiger partial charge in [-0.25, -0.2) is 4.39 Å². The molecule has 4 unspecified atom stereocenters. The van der Waals surface area contributed by atoms with Gasteiger partial charge >= 0.3 is 0 Å². The van der Waals surface area contributed by atoms with Crippen LogP contribution < -0.4 is 10.1 Å². The lowest BCUT2D eigenvalue weighted by molar-refractivity contribution is -0.0183. The second kappa shape index (κ2) is 4.45. The minimum Gasteiger partial charge on any atom is -0.487 e. The first-order valence-corrected chi connectivity index (χ1v) is 7.92. The van der Waals surface area contributed by atoms with Gasteiger partial charge in [-0.05, 0) is 62.3 Å². The van der Waals surface area contributed by atoms with Gasteiger partial charge in [-0.2, -0.15) is 0 Å². The third-order valence-corrected chi connectivity index (χ3v) is 5.58. The minimum absolute atomic E-state index is 0.0145. The molecule has 1 aromatic carbocycles. The third-order valence-electron chi connectivity index (χ3n) is 5.58. The van der Waals surface area contributed by atoms with Crippen LogP contribution >= 0.6 is 0 Å². The molecule has 3 heteroatoms. The van der Waals surface area contributed by atoms with Crippen molar-refractivity contribution >= 4 is 0 Å². The smallest absolute Gasteiger partial charge is 0.125 e. The molecule has 2 bridgehead atoms. The van der Waals surface area contributed by atoms with Crippen molar-refractivity contribution in [3.05, 3.63) is 29.6 Å². The zero-order valence-electron chi connectivity index (χ0n) is 12.0. The summed E-state index contributed by atoms with van der Waals surface area (Å²) in [6, 6.07) is 5.22. The van der Waals surface area contributed by atoms with Crippen molar-refractivity contribution in [2.45, 2.75) is 50.7 Å². The largest absolute Gasteiger partial charge is 0.487 e. The van der Waals surface area contributed by atoms with E-state index in [1.165, 1.54) is 31.7 Å². The Hall–Kier alpha value is -1.09. The average molecular weight is 275 g/mol. The molecular weight excluding hydrogens is 253 g/mol. The summed E-state index contributed by atoms with van der Waals surface area (Å²) in [5, 5.41) is 3.53. The molecule has 1 aliphatic heterocycles. The third kappa shape index (κ3) is 1.79. The number of hydrogen-bond acceptors (Lipinski definition) is 2. The lowest BCUT2D eigenvalue weighted by atomic mass is 9.76. The molecule has 2 aliphatic carbocycles. The highest BCUT2D eigenvalue weighted by molar-refractivity contribution is 5.40. The molecule has 2 saturated carbocycles. The van der Waals surface area contributed by atoms with E-state index < -0.39 is 0 Å². The molecule has 1 N–H and O–H groups in total. The summed E-state index contributed by atoms with van der Waals surface area (Å²) in [5.41, 5.74) is 1.01. The van der Waals surface area contributed by atoms with E-state index in [0.717, 1.165) is 30.2 Å². The Balaban J connectivity index is 1.72. The second-order valence-corrected chi connectivity index (χ2v) is 6.74. The van der Waals surface area contributed by atoms with Crippen LogP contribution in [0.25, 0.3) is 0 Å². The van der Waals surface area contributed by atoms with Gasteiger partial charge < -0.3 is 10.1 Å². The van der Waals surface area contributed by atoms with Crippen molar-refractivity contribution in [3.8, 4) is 5.75 Å². The van der Waals surface area contributed by atoms with E-state index in [9.17, 15) is 4.39 Å². The Morgan fingerprint density at radius 1 is 1.35 bits per heavy atom. The van der Waals surface area contributed by atoms with Crippen LogP contribution in [0, 0.1) is 17.7 Å². The number of ether oxygens (including phenoxy) is 1. The monoisotopic (exact) mass is 275 g/mol. The van der Waals surface area contributed by atoms with E-state index in [2.05, 4.69) is 12.2 Å². The van der Waals surface area contributed by atoms with Crippen LogP contribution in [0.1, 0.15) is 50.6 Å². The molecule has 0 amide bonds. The van der Waals surface area contributed by atoms with E-state index in [0.29, 0.717) is 5.92 Å². The predicted octanol–water partition coefficient (Wildman–Crippen LogP) is 3.82.